The maximum absolute atomic E-state index is 13.7. The molecule has 0 aromatic heterocycles. The van der Waals surface area contributed by atoms with E-state index in [1.165, 1.54) is 6.07 Å². The van der Waals surface area contributed by atoms with Crippen LogP contribution in [0.3, 0.4) is 0 Å². The number of benzene rings is 1. The second-order valence-electron chi connectivity index (χ2n) is 5.21. The first-order valence-corrected chi connectivity index (χ1v) is 7.58. The van der Waals surface area contributed by atoms with Crippen LogP contribution in [0.4, 0.5) is 9.18 Å². The van der Waals surface area contributed by atoms with Crippen LogP contribution in [-0.2, 0) is 6.54 Å². The smallest absolute Gasteiger partial charge is 0.315 e. The molecule has 0 fully saturated rings. The quantitative estimate of drug-likeness (QED) is 0.690. The summed E-state index contributed by atoms with van der Waals surface area (Å²) in [5, 5.41) is 15.0. The third-order valence-corrected chi connectivity index (χ3v) is 3.52. The largest absolute Gasteiger partial charge is 0.491 e. The van der Waals surface area contributed by atoms with E-state index in [1.54, 1.807) is 19.1 Å². The maximum atomic E-state index is 13.7. The van der Waals surface area contributed by atoms with Gasteiger partial charge in [-0.1, -0.05) is 26.3 Å². The van der Waals surface area contributed by atoms with E-state index in [4.69, 9.17) is 4.74 Å². The lowest BCUT2D eigenvalue weighted by molar-refractivity contribution is 0.114. The van der Waals surface area contributed by atoms with Crippen molar-refractivity contribution >= 4 is 6.03 Å². The number of carbonyl (C=O) groups is 1. The molecule has 0 bridgehead atoms. The van der Waals surface area contributed by atoms with E-state index < -0.39 is 18.0 Å². The number of nitrogens with one attached hydrogen (secondary N) is 2. The lowest BCUT2D eigenvalue weighted by atomic mass is 10.0. The number of ether oxygens (including phenoxy) is 1. The Morgan fingerprint density at radius 1 is 1.36 bits per heavy atom. The maximum Gasteiger partial charge on any atom is 0.315 e. The lowest BCUT2D eigenvalue weighted by Gasteiger charge is -2.17. The molecule has 0 aliphatic heterocycles. The van der Waals surface area contributed by atoms with E-state index in [9.17, 15) is 14.3 Å². The van der Waals surface area contributed by atoms with Crippen molar-refractivity contribution in [2.24, 2.45) is 5.92 Å². The van der Waals surface area contributed by atoms with E-state index in [-0.39, 0.29) is 24.8 Å². The summed E-state index contributed by atoms with van der Waals surface area (Å²) in [5.74, 6) is -0.123. The van der Waals surface area contributed by atoms with E-state index >= 15 is 0 Å². The van der Waals surface area contributed by atoms with Gasteiger partial charge in [0, 0.05) is 13.1 Å². The number of aliphatic hydroxyl groups is 1. The molecule has 0 radical (unpaired) electrons. The van der Waals surface area contributed by atoms with Crippen LogP contribution in [0.25, 0.3) is 0 Å². The second-order valence-corrected chi connectivity index (χ2v) is 5.21. The Morgan fingerprint density at radius 2 is 2.09 bits per heavy atom. The minimum atomic E-state index is -0.571. The first-order valence-electron chi connectivity index (χ1n) is 7.58. The number of hydrogen-bond donors (Lipinski definition) is 3. The topological polar surface area (TPSA) is 70.6 Å². The second kappa shape index (κ2) is 9.25. The van der Waals surface area contributed by atoms with Crippen LogP contribution in [0.1, 0.15) is 32.8 Å². The van der Waals surface area contributed by atoms with Crippen molar-refractivity contribution in [1.29, 1.82) is 0 Å². The average molecular weight is 312 g/mol. The average Bonchev–Trinajstić information content (AvgIpc) is 2.52. The number of urea groups is 1. The van der Waals surface area contributed by atoms with Crippen molar-refractivity contribution in [3.05, 3.63) is 29.6 Å². The van der Waals surface area contributed by atoms with Crippen LogP contribution in [0, 0.1) is 11.7 Å². The summed E-state index contributed by atoms with van der Waals surface area (Å²) in [6.07, 6.45) is 0.273. The summed E-state index contributed by atoms with van der Waals surface area (Å²) in [7, 11) is 0. The minimum absolute atomic E-state index is 0.125. The van der Waals surface area contributed by atoms with Gasteiger partial charge in [0.2, 0.25) is 0 Å². The van der Waals surface area contributed by atoms with Crippen molar-refractivity contribution < 1.29 is 19.0 Å². The highest BCUT2D eigenvalue weighted by Gasteiger charge is 2.13. The van der Waals surface area contributed by atoms with Gasteiger partial charge >= 0.3 is 6.03 Å². The van der Waals surface area contributed by atoms with E-state index in [0.717, 1.165) is 6.42 Å². The monoisotopic (exact) mass is 312 g/mol. The molecule has 0 aliphatic rings. The highest BCUT2D eigenvalue weighted by atomic mass is 19.1. The number of rotatable bonds is 8. The molecule has 1 rings (SSSR count). The molecule has 1 aromatic rings. The fourth-order valence-electron chi connectivity index (χ4n) is 1.84. The van der Waals surface area contributed by atoms with Gasteiger partial charge in [-0.15, -0.1) is 0 Å². The number of hydrogen-bond acceptors (Lipinski definition) is 3. The molecule has 0 spiro atoms. The van der Waals surface area contributed by atoms with Crippen LogP contribution < -0.4 is 15.4 Å². The van der Waals surface area contributed by atoms with Crippen molar-refractivity contribution in [3.63, 3.8) is 0 Å². The molecule has 124 valence electrons. The highest BCUT2D eigenvalue weighted by Crippen LogP contribution is 2.18. The van der Waals surface area contributed by atoms with Crippen molar-refractivity contribution in [2.45, 2.75) is 39.8 Å². The Hall–Kier alpha value is -1.82. The first-order chi connectivity index (χ1) is 10.5. The highest BCUT2D eigenvalue weighted by molar-refractivity contribution is 5.73. The zero-order valence-electron chi connectivity index (χ0n) is 13.4. The molecule has 1 aromatic carbocycles. The van der Waals surface area contributed by atoms with Crippen LogP contribution in [0.5, 0.6) is 5.75 Å². The predicted octanol–water partition coefficient (Wildman–Crippen LogP) is 2.43. The van der Waals surface area contributed by atoms with Gasteiger partial charge in [-0.3, -0.25) is 0 Å². The third kappa shape index (κ3) is 5.89. The normalized spacial score (nSPS) is 13.3. The molecule has 2 unspecified atom stereocenters. The number of carbonyl (C=O) groups excluding carboxylic acids is 1. The Morgan fingerprint density at radius 3 is 2.68 bits per heavy atom. The van der Waals surface area contributed by atoms with Crippen LogP contribution in [0.2, 0.25) is 0 Å². The summed E-state index contributed by atoms with van der Waals surface area (Å²) in [4.78, 5) is 11.6. The van der Waals surface area contributed by atoms with Crippen LogP contribution >= 0.6 is 0 Å². The Balaban J connectivity index is 2.39. The van der Waals surface area contributed by atoms with Crippen LogP contribution in [0.15, 0.2) is 18.2 Å². The molecule has 2 amide bonds. The summed E-state index contributed by atoms with van der Waals surface area (Å²) in [6.45, 7) is 6.48. The number of halogens is 1. The molecule has 22 heavy (non-hydrogen) atoms. The zero-order valence-corrected chi connectivity index (χ0v) is 13.4. The third-order valence-electron chi connectivity index (χ3n) is 3.52. The molecule has 0 saturated heterocycles. The first kappa shape index (κ1) is 18.2. The van der Waals surface area contributed by atoms with E-state index in [0.29, 0.717) is 12.2 Å². The van der Waals surface area contributed by atoms with Gasteiger partial charge in [-0.25, -0.2) is 9.18 Å². The van der Waals surface area contributed by atoms with Gasteiger partial charge in [0.25, 0.3) is 0 Å². The molecule has 0 saturated carbocycles. The molecule has 3 N–H and O–H groups in total. The zero-order chi connectivity index (χ0) is 16.5. The number of aliphatic hydroxyl groups excluding tert-OH is 1. The van der Waals surface area contributed by atoms with Gasteiger partial charge in [0.05, 0.1) is 12.7 Å². The van der Waals surface area contributed by atoms with Gasteiger partial charge in [0.15, 0.2) is 11.6 Å². The molecule has 0 aliphatic carbocycles. The molecule has 5 nitrogen and oxygen atoms in total. The minimum Gasteiger partial charge on any atom is -0.491 e. The molecule has 6 heteroatoms. The number of amides is 2. The van der Waals surface area contributed by atoms with Gasteiger partial charge in [-0.05, 0) is 30.5 Å². The fourth-order valence-corrected chi connectivity index (χ4v) is 1.84. The standard InChI is InChI=1S/C16H25FN2O3/c1-4-11(3)14(20)10-19-16(21)18-9-12-6-7-15(22-5-2)13(17)8-12/h6-8,11,14,20H,4-5,9-10H2,1-3H3,(H2,18,19,21). The van der Waals surface area contributed by atoms with Crippen LogP contribution in [-0.4, -0.2) is 30.4 Å². The van der Waals surface area contributed by atoms with E-state index in [2.05, 4.69) is 10.6 Å². The summed E-state index contributed by atoms with van der Waals surface area (Å²) in [5.41, 5.74) is 0.638. The van der Waals surface area contributed by atoms with Gasteiger partial charge in [-0.2, -0.15) is 0 Å². The van der Waals surface area contributed by atoms with Gasteiger partial charge < -0.3 is 20.5 Å². The Kier molecular flexibility index (Phi) is 7.66. The summed E-state index contributed by atoms with van der Waals surface area (Å²) >= 11 is 0. The summed E-state index contributed by atoms with van der Waals surface area (Å²) in [6, 6.07) is 4.18. The van der Waals surface area contributed by atoms with Crippen molar-refractivity contribution in [2.75, 3.05) is 13.2 Å². The lowest BCUT2D eigenvalue weighted by Crippen LogP contribution is -2.41. The predicted molar refractivity (Wildman–Crippen MR) is 83.3 cm³/mol. The molecular weight excluding hydrogens is 287 g/mol. The fraction of sp³-hybridized carbons (Fsp3) is 0.562. The molecular formula is C16H25FN2O3. The Labute approximate surface area is 130 Å². The van der Waals surface area contributed by atoms with Crippen molar-refractivity contribution in [3.8, 4) is 5.75 Å². The summed E-state index contributed by atoms with van der Waals surface area (Å²) < 4.78 is 18.8. The Bertz CT molecular complexity index is 482. The SMILES string of the molecule is CCOc1ccc(CNC(=O)NCC(O)C(C)CC)cc1F. The molecule has 0 heterocycles. The molecule has 2 atom stereocenters. The van der Waals surface area contributed by atoms with Gasteiger partial charge in [0.1, 0.15) is 0 Å². The van der Waals surface area contributed by atoms with E-state index in [1.807, 2.05) is 13.8 Å². The van der Waals surface area contributed by atoms with Crippen molar-refractivity contribution in [1.82, 2.24) is 10.6 Å².